The van der Waals surface area contributed by atoms with Gasteiger partial charge in [0.25, 0.3) is 0 Å². The van der Waals surface area contributed by atoms with E-state index in [1.807, 2.05) is 13.0 Å². The minimum Gasteiger partial charge on any atom is -0.480 e. The number of carboxylic acid groups (broad SMARTS) is 1. The number of thiol groups is 1. The van der Waals surface area contributed by atoms with E-state index in [4.69, 9.17) is 5.73 Å². The number of nitrogens with one attached hydrogen (secondary N) is 4. The van der Waals surface area contributed by atoms with Crippen molar-refractivity contribution in [3.05, 3.63) is 54.1 Å². The maximum absolute atomic E-state index is 13.3. The van der Waals surface area contributed by atoms with Gasteiger partial charge in [0, 0.05) is 30.5 Å². The van der Waals surface area contributed by atoms with Crippen LogP contribution in [0.5, 0.6) is 0 Å². The highest BCUT2D eigenvalue weighted by Crippen LogP contribution is 2.11. The highest BCUT2D eigenvalue weighted by Gasteiger charge is 2.32. The Labute approximate surface area is 215 Å². The molecule has 1 aromatic carbocycles. The molecule has 3 amide bonds. The Hall–Kier alpha value is -3.38. The molecular formula is C24H34N6O5S. The van der Waals surface area contributed by atoms with Gasteiger partial charge < -0.3 is 31.8 Å². The van der Waals surface area contributed by atoms with Crippen LogP contribution in [0.25, 0.3) is 0 Å². The van der Waals surface area contributed by atoms with E-state index in [9.17, 15) is 24.3 Å². The predicted octanol–water partition coefficient (Wildman–Crippen LogP) is 0.0371. The van der Waals surface area contributed by atoms with Crippen molar-refractivity contribution in [2.75, 3.05) is 5.75 Å². The van der Waals surface area contributed by atoms with Crippen LogP contribution < -0.4 is 21.7 Å². The minimum atomic E-state index is -1.24. The molecule has 11 nitrogen and oxygen atoms in total. The number of amides is 3. The maximum Gasteiger partial charge on any atom is 0.326 e. The molecule has 1 heterocycles. The average Bonchev–Trinajstić information content (AvgIpc) is 3.38. The van der Waals surface area contributed by atoms with Gasteiger partial charge in [-0.2, -0.15) is 12.6 Å². The van der Waals surface area contributed by atoms with Gasteiger partial charge in [0.2, 0.25) is 17.7 Å². The molecule has 0 saturated carbocycles. The number of nitrogens with two attached hydrogens (primary N) is 1. The molecule has 0 saturated heterocycles. The first kappa shape index (κ1) is 28.9. The molecule has 0 aliphatic rings. The van der Waals surface area contributed by atoms with E-state index in [1.165, 1.54) is 12.5 Å². The van der Waals surface area contributed by atoms with Gasteiger partial charge in [-0.1, -0.05) is 50.6 Å². The number of carbonyl (C=O) groups excluding carboxylic acids is 3. The van der Waals surface area contributed by atoms with Gasteiger partial charge in [-0.3, -0.25) is 14.4 Å². The molecule has 0 aliphatic carbocycles. The summed E-state index contributed by atoms with van der Waals surface area (Å²) in [7, 11) is 0. The van der Waals surface area contributed by atoms with Crippen molar-refractivity contribution in [1.29, 1.82) is 0 Å². The quantitative estimate of drug-likeness (QED) is 0.172. The lowest BCUT2D eigenvalue weighted by Gasteiger charge is -2.28. The van der Waals surface area contributed by atoms with Crippen molar-refractivity contribution in [1.82, 2.24) is 25.9 Å². The van der Waals surface area contributed by atoms with Gasteiger partial charge in [-0.05, 0) is 11.5 Å². The van der Waals surface area contributed by atoms with Gasteiger partial charge in [-0.25, -0.2) is 9.78 Å². The number of carbonyl (C=O) groups is 4. The molecule has 0 bridgehead atoms. The van der Waals surface area contributed by atoms with Crippen molar-refractivity contribution in [2.24, 2.45) is 11.7 Å². The maximum atomic E-state index is 13.3. The largest absolute Gasteiger partial charge is 0.480 e. The number of aromatic amines is 1. The van der Waals surface area contributed by atoms with Crippen molar-refractivity contribution in [2.45, 2.75) is 57.3 Å². The smallest absolute Gasteiger partial charge is 0.326 e. The zero-order chi connectivity index (χ0) is 26.7. The van der Waals surface area contributed by atoms with E-state index < -0.39 is 47.9 Å². The number of benzene rings is 1. The molecule has 0 radical (unpaired) electrons. The first-order chi connectivity index (χ1) is 17.2. The summed E-state index contributed by atoms with van der Waals surface area (Å²) in [6.45, 7) is 3.67. The Morgan fingerprint density at radius 2 is 1.69 bits per heavy atom. The van der Waals surface area contributed by atoms with Crippen molar-refractivity contribution < 1.29 is 24.3 Å². The van der Waals surface area contributed by atoms with Gasteiger partial charge in [0.1, 0.15) is 18.1 Å². The lowest BCUT2D eigenvalue weighted by molar-refractivity contribution is -0.142. The Kier molecular flexibility index (Phi) is 11.4. The summed E-state index contributed by atoms with van der Waals surface area (Å²) in [4.78, 5) is 57.4. The molecule has 5 unspecified atom stereocenters. The molecule has 36 heavy (non-hydrogen) atoms. The number of hydrogen-bond donors (Lipinski definition) is 7. The van der Waals surface area contributed by atoms with Crippen LogP contribution in [-0.2, 0) is 32.0 Å². The van der Waals surface area contributed by atoms with E-state index in [1.54, 1.807) is 31.2 Å². The van der Waals surface area contributed by atoms with Crippen LogP contribution in [0.4, 0.5) is 0 Å². The molecule has 12 heteroatoms. The highest BCUT2D eigenvalue weighted by atomic mass is 32.1. The fourth-order valence-electron chi connectivity index (χ4n) is 3.45. The molecule has 1 aromatic heterocycles. The number of imidazole rings is 1. The lowest BCUT2D eigenvalue weighted by atomic mass is 9.96. The third-order valence-corrected chi connectivity index (χ3v) is 6.23. The van der Waals surface area contributed by atoms with Gasteiger partial charge in [0.15, 0.2) is 0 Å². The molecule has 196 valence electrons. The molecule has 7 N–H and O–H groups in total. The normalized spacial score (nSPS) is 15.1. The van der Waals surface area contributed by atoms with Crippen LogP contribution in [-0.4, -0.2) is 68.7 Å². The van der Waals surface area contributed by atoms with Crippen molar-refractivity contribution in [3.8, 4) is 0 Å². The topological polar surface area (TPSA) is 179 Å². The summed E-state index contributed by atoms with van der Waals surface area (Å²) in [5, 5.41) is 17.5. The monoisotopic (exact) mass is 518 g/mol. The van der Waals surface area contributed by atoms with Crippen molar-refractivity contribution >= 4 is 36.3 Å². The molecule has 0 spiro atoms. The number of hydrogen-bond acceptors (Lipinski definition) is 7. The minimum absolute atomic E-state index is 0.0136. The average molecular weight is 519 g/mol. The Balaban J connectivity index is 2.24. The fourth-order valence-corrected chi connectivity index (χ4v) is 3.62. The number of H-pyrrole nitrogens is 1. The predicted molar refractivity (Wildman–Crippen MR) is 137 cm³/mol. The van der Waals surface area contributed by atoms with Crippen LogP contribution in [0, 0.1) is 5.92 Å². The van der Waals surface area contributed by atoms with E-state index in [2.05, 4.69) is 38.5 Å². The molecule has 2 rings (SSSR count). The fraction of sp³-hybridized carbons (Fsp3) is 0.458. The van der Waals surface area contributed by atoms with Crippen LogP contribution in [0.3, 0.4) is 0 Å². The molecule has 2 aromatic rings. The molecule has 0 aliphatic heterocycles. The van der Waals surface area contributed by atoms with Crippen LogP contribution in [0.2, 0.25) is 0 Å². The third-order valence-electron chi connectivity index (χ3n) is 5.84. The standard InChI is InChI=1S/C24H34N6O5S/c1-3-14(2)20(30-21(31)17(25)12-36)23(33)28-18(9-15-7-5-4-6-8-15)22(32)29-19(24(34)35)10-16-11-26-13-27-16/h4-8,11,13-14,17-20,36H,3,9-10,12,25H2,1-2H3,(H,26,27)(H,28,33)(H,29,32)(H,30,31)(H,34,35). The van der Waals surface area contributed by atoms with E-state index in [0.29, 0.717) is 12.1 Å². The molecule has 0 fully saturated rings. The van der Waals surface area contributed by atoms with Gasteiger partial charge >= 0.3 is 5.97 Å². The molecular weight excluding hydrogens is 484 g/mol. The Morgan fingerprint density at radius 1 is 1.03 bits per heavy atom. The zero-order valence-corrected chi connectivity index (χ0v) is 21.2. The van der Waals surface area contributed by atoms with Crippen LogP contribution in [0.15, 0.2) is 42.9 Å². The lowest BCUT2D eigenvalue weighted by Crippen LogP contribution is -2.59. The first-order valence-electron chi connectivity index (χ1n) is 11.7. The third kappa shape index (κ3) is 8.68. The summed E-state index contributed by atoms with van der Waals surface area (Å²) < 4.78 is 0. The Bertz CT molecular complexity index is 1000. The van der Waals surface area contributed by atoms with Crippen LogP contribution >= 0.6 is 12.6 Å². The molecule has 5 atom stereocenters. The van der Waals surface area contributed by atoms with Gasteiger partial charge in [0.05, 0.1) is 12.4 Å². The second-order valence-corrected chi connectivity index (χ2v) is 8.96. The summed E-state index contributed by atoms with van der Waals surface area (Å²) in [5.41, 5.74) is 7.05. The van der Waals surface area contributed by atoms with Crippen molar-refractivity contribution in [3.63, 3.8) is 0 Å². The SMILES string of the molecule is CCC(C)C(NC(=O)C(N)CS)C(=O)NC(Cc1ccccc1)C(=O)NC(Cc1cnc[nH]1)C(=O)O. The number of aromatic nitrogens is 2. The highest BCUT2D eigenvalue weighted by molar-refractivity contribution is 7.80. The number of carboxylic acids is 1. The first-order valence-corrected chi connectivity index (χ1v) is 12.3. The van der Waals surface area contributed by atoms with E-state index >= 15 is 0 Å². The summed E-state index contributed by atoms with van der Waals surface area (Å²) in [5.74, 6) is -3.14. The number of nitrogens with zero attached hydrogens (tertiary/aromatic N) is 1. The summed E-state index contributed by atoms with van der Waals surface area (Å²) >= 11 is 4.03. The van der Waals surface area contributed by atoms with E-state index in [0.717, 1.165) is 5.56 Å². The van der Waals surface area contributed by atoms with E-state index in [-0.39, 0.29) is 24.5 Å². The second kappa shape index (κ2) is 14.2. The number of aliphatic carboxylic acids is 1. The van der Waals surface area contributed by atoms with Crippen LogP contribution in [0.1, 0.15) is 31.5 Å². The zero-order valence-electron chi connectivity index (χ0n) is 20.3. The Morgan fingerprint density at radius 3 is 2.25 bits per heavy atom. The summed E-state index contributed by atoms with van der Waals surface area (Å²) in [6.07, 6.45) is 3.57. The second-order valence-electron chi connectivity index (χ2n) is 8.59. The summed E-state index contributed by atoms with van der Waals surface area (Å²) in [6, 6.07) is 4.83. The van der Waals surface area contributed by atoms with Gasteiger partial charge in [-0.15, -0.1) is 0 Å². The number of rotatable bonds is 14.